The van der Waals surface area contributed by atoms with E-state index >= 15 is 0 Å². The highest BCUT2D eigenvalue weighted by Gasteiger charge is 2.63. The van der Waals surface area contributed by atoms with Crippen LogP contribution >= 0.6 is 0 Å². The molecule has 1 aliphatic carbocycles. The van der Waals surface area contributed by atoms with E-state index in [1.807, 2.05) is 12.1 Å². The van der Waals surface area contributed by atoms with E-state index in [0.29, 0.717) is 19.4 Å². The van der Waals surface area contributed by atoms with Crippen molar-refractivity contribution in [1.29, 1.82) is 0 Å². The van der Waals surface area contributed by atoms with Crippen LogP contribution in [-0.4, -0.2) is 17.7 Å². The fourth-order valence-corrected chi connectivity index (χ4v) is 3.66. The van der Waals surface area contributed by atoms with Crippen molar-refractivity contribution < 1.29 is 14.6 Å². The van der Waals surface area contributed by atoms with Crippen LogP contribution in [0.2, 0.25) is 0 Å². The first kappa shape index (κ1) is 12.3. The Bertz CT molecular complexity index is 563. The fourth-order valence-electron chi connectivity index (χ4n) is 3.66. The first-order valence-electron chi connectivity index (χ1n) is 6.57. The number of allylic oxidation sites excluding steroid dienone is 1. The maximum atomic E-state index is 12.3. The third kappa shape index (κ3) is 1.68. The molecule has 19 heavy (non-hydrogen) atoms. The summed E-state index contributed by atoms with van der Waals surface area (Å²) in [6.07, 6.45) is 2.14. The van der Waals surface area contributed by atoms with Gasteiger partial charge in [0.05, 0.1) is 12.0 Å². The average Bonchev–Trinajstić information content (AvgIpc) is 2.70. The lowest BCUT2D eigenvalue weighted by atomic mass is 9.66. The van der Waals surface area contributed by atoms with Crippen LogP contribution in [-0.2, 0) is 16.0 Å². The third-order valence-corrected chi connectivity index (χ3v) is 4.68. The number of carbonyl (C=O) groups is 1. The van der Waals surface area contributed by atoms with Crippen molar-refractivity contribution in [2.45, 2.75) is 26.2 Å². The zero-order valence-corrected chi connectivity index (χ0v) is 11.1. The molecule has 1 aromatic carbocycles. The van der Waals surface area contributed by atoms with Gasteiger partial charge in [-0.2, -0.15) is 0 Å². The number of cyclic esters (lactones) is 1. The number of fused-ring (bicyclic) bond motifs is 1. The lowest BCUT2D eigenvalue weighted by Crippen LogP contribution is -2.38. The fraction of sp³-hybridized carbons (Fsp3) is 0.438. The summed E-state index contributed by atoms with van der Waals surface area (Å²) in [5.41, 5.74) is 1.43. The molecule has 2 aliphatic rings. The number of benzene rings is 1. The Morgan fingerprint density at radius 2 is 2.21 bits per heavy atom. The third-order valence-electron chi connectivity index (χ3n) is 4.68. The zero-order chi connectivity index (χ0) is 13.7. The molecule has 1 saturated heterocycles. The van der Waals surface area contributed by atoms with E-state index in [4.69, 9.17) is 4.74 Å². The average molecular weight is 258 g/mol. The number of ether oxygens (including phenoxy) is 1. The first-order chi connectivity index (χ1) is 8.95. The van der Waals surface area contributed by atoms with Crippen molar-refractivity contribution >= 4 is 5.97 Å². The van der Waals surface area contributed by atoms with Crippen LogP contribution in [0.25, 0.3) is 0 Å². The monoisotopic (exact) mass is 258 g/mol. The molecule has 0 aromatic heterocycles. The van der Waals surface area contributed by atoms with E-state index in [-0.39, 0.29) is 17.1 Å². The van der Waals surface area contributed by atoms with E-state index in [1.54, 1.807) is 12.1 Å². The minimum Gasteiger partial charge on any atom is -0.508 e. The molecule has 3 heteroatoms. The number of carbonyl (C=O) groups excluding carboxylic acids is 1. The van der Waals surface area contributed by atoms with Gasteiger partial charge in [0.2, 0.25) is 0 Å². The summed E-state index contributed by atoms with van der Waals surface area (Å²) in [4.78, 5) is 12.3. The van der Waals surface area contributed by atoms with E-state index in [0.717, 1.165) is 17.6 Å². The lowest BCUT2D eigenvalue weighted by molar-refractivity contribution is -0.146. The van der Waals surface area contributed by atoms with E-state index in [2.05, 4.69) is 13.5 Å². The minimum absolute atomic E-state index is 0.114. The Labute approximate surface area is 112 Å². The Morgan fingerprint density at radius 1 is 1.42 bits per heavy atom. The smallest absolute Gasteiger partial charge is 0.313 e. The number of hydrogen-bond donors (Lipinski definition) is 1. The number of aromatic hydroxyl groups is 1. The summed E-state index contributed by atoms with van der Waals surface area (Å²) in [6, 6.07) is 7.12. The Kier molecular flexibility index (Phi) is 2.49. The van der Waals surface area contributed by atoms with Crippen LogP contribution in [0.1, 0.15) is 25.3 Å². The SMILES string of the molecule is C=C1C[C@@]2(C)COC(=O)[C@@]2(Cc2cccc(O)c2)C1. The number of phenols is 1. The minimum atomic E-state index is -0.502. The van der Waals surface area contributed by atoms with Crippen molar-refractivity contribution in [3.8, 4) is 5.75 Å². The normalized spacial score (nSPS) is 33.3. The quantitative estimate of drug-likeness (QED) is 0.655. The van der Waals surface area contributed by atoms with Gasteiger partial charge in [-0.1, -0.05) is 31.2 Å². The summed E-state index contributed by atoms with van der Waals surface area (Å²) in [5, 5.41) is 9.57. The van der Waals surface area contributed by atoms with Crippen molar-refractivity contribution in [2.75, 3.05) is 6.61 Å². The maximum absolute atomic E-state index is 12.3. The highest BCUT2D eigenvalue weighted by atomic mass is 16.5. The van der Waals surface area contributed by atoms with E-state index < -0.39 is 5.41 Å². The second kappa shape index (κ2) is 3.86. The van der Waals surface area contributed by atoms with Gasteiger partial charge in [-0.25, -0.2) is 0 Å². The Hall–Kier alpha value is -1.77. The number of esters is 1. The zero-order valence-electron chi connectivity index (χ0n) is 11.1. The molecule has 3 rings (SSSR count). The van der Waals surface area contributed by atoms with Gasteiger partial charge in [-0.3, -0.25) is 4.79 Å². The highest BCUT2D eigenvalue weighted by molar-refractivity contribution is 5.82. The van der Waals surface area contributed by atoms with Crippen LogP contribution in [0.3, 0.4) is 0 Å². The molecular weight excluding hydrogens is 240 g/mol. The van der Waals surface area contributed by atoms with Gasteiger partial charge in [0.25, 0.3) is 0 Å². The standard InChI is InChI=1S/C16H18O3/c1-11-7-15(2)10-19-14(18)16(15,8-11)9-12-4-3-5-13(17)6-12/h3-6,17H,1,7-10H2,2H3/t15-,16-/m0/s1. The van der Waals surface area contributed by atoms with Gasteiger partial charge >= 0.3 is 5.97 Å². The topological polar surface area (TPSA) is 46.5 Å². The predicted molar refractivity (Wildman–Crippen MR) is 71.7 cm³/mol. The predicted octanol–water partition coefficient (Wildman–Crippen LogP) is 2.83. The second-order valence-electron chi connectivity index (χ2n) is 6.17. The van der Waals surface area contributed by atoms with Gasteiger partial charge in [0.1, 0.15) is 5.75 Å². The van der Waals surface area contributed by atoms with Gasteiger partial charge in [-0.05, 0) is 37.0 Å². The lowest BCUT2D eigenvalue weighted by Gasteiger charge is -2.32. The summed E-state index contributed by atoms with van der Waals surface area (Å²) >= 11 is 0. The van der Waals surface area contributed by atoms with E-state index in [1.165, 1.54) is 0 Å². The summed E-state index contributed by atoms with van der Waals surface area (Å²) in [6.45, 7) is 6.65. The molecule has 1 saturated carbocycles. The number of hydrogen-bond acceptors (Lipinski definition) is 3. The molecule has 1 N–H and O–H groups in total. The van der Waals surface area contributed by atoms with Crippen LogP contribution in [0.5, 0.6) is 5.75 Å². The molecule has 1 aliphatic heterocycles. The molecular formula is C16H18O3. The molecule has 2 fully saturated rings. The van der Waals surface area contributed by atoms with Crippen molar-refractivity contribution in [3.63, 3.8) is 0 Å². The second-order valence-corrected chi connectivity index (χ2v) is 6.17. The molecule has 100 valence electrons. The molecule has 0 amide bonds. The molecule has 3 nitrogen and oxygen atoms in total. The summed E-state index contributed by atoms with van der Waals surface area (Å²) in [7, 11) is 0. The van der Waals surface area contributed by atoms with Gasteiger partial charge in [-0.15, -0.1) is 0 Å². The molecule has 0 spiro atoms. The maximum Gasteiger partial charge on any atom is 0.313 e. The molecule has 0 radical (unpaired) electrons. The molecule has 1 aromatic rings. The van der Waals surface area contributed by atoms with Crippen molar-refractivity contribution in [3.05, 3.63) is 42.0 Å². The molecule has 0 unspecified atom stereocenters. The van der Waals surface area contributed by atoms with Crippen LogP contribution in [0.15, 0.2) is 36.4 Å². The van der Waals surface area contributed by atoms with Gasteiger partial charge in [0, 0.05) is 5.41 Å². The largest absolute Gasteiger partial charge is 0.508 e. The van der Waals surface area contributed by atoms with Gasteiger partial charge in [0.15, 0.2) is 0 Å². The summed E-state index contributed by atoms with van der Waals surface area (Å²) in [5.74, 6) is 0.121. The number of rotatable bonds is 2. The molecule has 0 bridgehead atoms. The van der Waals surface area contributed by atoms with Gasteiger partial charge < -0.3 is 9.84 Å². The molecule has 1 heterocycles. The van der Waals surface area contributed by atoms with Crippen LogP contribution in [0.4, 0.5) is 0 Å². The highest BCUT2D eigenvalue weighted by Crippen LogP contribution is 2.60. The Morgan fingerprint density at radius 3 is 2.95 bits per heavy atom. The van der Waals surface area contributed by atoms with Crippen LogP contribution < -0.4 is 0 Å². The van der Waals surface area contributed by atoms with Crippen molar-refractivity contribution in [1.82, 2.24) is 0 Å². The first-order valence-corrected chi connectivity index (χ1v) is 6.57. The van der Waals surface area contributed by atoms with E-state index in [9.17, 15) is 9.90 Å². The van der Waals surface area contributed by atoms with Crippen LogP contribution in [0, 0.1) is 10.8 Å². The summed E-state index contributed by atoms with van der Waals surface area (Å²) < 4.78 is 5.33. The van der Waals surface area contributed by atoms with Crippen molar-refractivity contribution in [2.24, 2.45) is 10.8 Å². The molecule has 2 atom stereocenters. The Balaban J connectivity index is 2.00. The number of phenolic OH excluding ortho intramolecular Hbond substituents is 1.